The second kappa shape index (κ2) is 12.5. The van der Waals surface area contributed by atoms with Crippen molar-refractivity contribution in [2.45, 2.75) is 19.3 Å². The molecule has 12 rings (SSSR count). The maximum Gasteiger partial charge on any atom is 0.0979 e. The molecule has 0 unspecified atom stereocenters. The molecule has 2 heterocycles. The van der Waals surface area contributed by atoms with Gasteiger partial charge in [-0.3, -0.25) is 4.98 Å². The first kappa shape index (κ1) is 33.2. The van der Waals surface area contributed by atoms with Gasteiger partial charge in [-0.15, -0.1) is 11.3 Å². The van der Waals surface area contributed by atoms with Crippen LogP contribution in [0, 0.1) is 0 Å². The van der Waals surface area contributed by atoms with Crippen molar-refractivity contribution in [3.05, 3.63) is 193 Å². The first-order valence-electron chi connectivity index (χ1n) is 20.0. The molecule has 1 aliphatic carbocycles. The third-order valence-electron chi connectivity index (χ3n) is 12.5. The van der Waals surface area contributed by atoms with Gasteiger partial charge in [0, 0.05) is 41.9 Å². The summed E-state index contributed by atoms with van der Waals surface area (Å²) in [5, 5.41) is 7.35. The predicted octanol–water partition coefficient (Wildman–Crippen LogP) is 15.3. The lowest BCUT2D eigenvalue weighted by Crippen LogP contribution is -2.15. The van der Waals surface area contributed by atoms with Gasteiger partial charge in [-0.1, -0.05) is 166 Å². The Morgan fingerprint density at radius 3 is 1.67 bits per heavy atom. The van der Waals surface area contributed by atoms with Gasteiger partial charge in [-0.25, -0.2) is 4.98 Å². The molecule has 0 saturated heterocycles. The van der Waals surface area contributed by atoms with E-state index in [-0.39, 0.29) is 5.41 Å². The molecule has 1 aliphatic rings. The van der Waals surface area contributed by atoms with Gasteiger partial charge < -0.3 is 0 Å². The number of thiophene rings is 1. The van der Waals surface area contributed by atoms with E-state index in [9.17, 15) is 0 Å². The molecule has 2 aromatic heterocycles. The maximum atomic E-state index is 5.31. The zero-order valence-corrected chi connectivity index (χ0v) is 32.9. The molecular formula is C55H36N2S. The van der Waals surface area contributed by atoms with Crippen LogP contribution >= 0.6 is 11.3 Å². The van der Waals surface area contributed by atoms with Crippen molar-refractivity contribution >= 4 is 64.1 Å². The van der Waals surface area contributed by atoms with Crippen LogP contribution in [-0.4, -0.2) is 9.97 Å². The largest absolute Gasteiger partial charge is 0.252 e. The van der Waals surface area contributed by atoms with Crippen molar-refractivity contribution < 1.29 is 0 Å². The summed E-state index contributed by atoms with van der Waals surface area (Å²) in [4.78, 5) is 10.4. The summed E-state index contributed by atoms with van der Waals surface area (Å²) < 4.78 is 2.68. The number of hydrogen-bond donors (Lipinski definition) is 0. The van der Waals surface area contributed by atoms with Gasteiger partial charge in [0.05, 0.1) is 22.9 Å². The number of aromatic nitrogens is 2. The lowest BCUT2D eigenvalue weighted by Gasteiger charge is -2.22. The van der Waals surface area contributed by atoms with Crippen molar-refractivity contribution in [3.63, 3.8) is 0 Å². The minimum Gasteiger partial charge on any atom is -0.252 e. The molecule has 0 aliphatic heterocycles. The highest BCUT2D eigenvalue weighted by Gasteiger charge is 2.36. The van der Waals surface area contributed by atoms with Crippen LogP contribution in [0.5, 0.6) is 0 Å². The zero-order valence-electron chi connectivity index (χ0n) is 32.1. The van der Waals surface area contributed by atoms with Gasteiger partial charge in [0.1, 0.15) is 0 Å². The summed E-state index contributed by atoms with van der Waals surface area (Å²) >= 11 is 1.88. The van der Waals surface area contributed by atoms with E-state index in [4.69, 9.17) is 9.97 Å². The van der Waals surface area contributed by atoms with Crippen molar-refractivity contribution in [2.24, 2.45) is 0 Å². The van der Waals surface area contributed by atoms with Crippen molar-refractivity contribution in [1.82, 2.24) is 9.97 Å². The summed E-state index contributed by atoms with van der Waals surface area (Å²) in [6.45, 7) is 4.71. The fraction of sp³-hybridized carbons (Fsp3) is 0.0545. The Labute approximate surface area is 340 Å². The molecule has 11 aromatic rings. The molecule has 0 atom stereocenters. The number of nitrogens with zero attached hydrogens (tertiary/aromatic N) is 2. The Kier molecular flexibility index (Phi) is 7.18. The third kappa shape index (κ3) is 4.97. The van der Waals surface area contributed by atoms with Crippen LogP contribution < -0.4 is 0 Å². The van der Waals surface area contributed by atoms with Gasteiger partial charge in [-0.05, 0) is 90.7 Å². The van der Waals surface area contributed by atoms with Gasteiger partial charge in [0.15, 0.2) is 0 Å². The molecule has 0 fully saturated rings. The molecule has 3 heteroatoms. The quantitative estimate of drug-likeness (QED) is 0.167. The molecule has 0 amide bonds. The molecule has 0 saturated carbocycles. The van der Waals surface area contributed by atoms with E-state index in [1.165, 1.54) is 86.6 Å². The molecular weight excluding hydrogens is 721 g/mol. The van der Waals surface area contributed by atoms with Crippen LogP contribution in [0.25, 0.3) is 109 Å². The smallest absolute Gasteiger partial charge is 0.0979 e. The van der Waals surface area contributed by atoms with E-state index in [1.807, 2.05) is 17.5 Å². The van der Waals surface area contributed by atoms with E-state index in [1.54, 1.807) is 0 Å². The van der Waals surface area contributed by atoms with E-state index in [0.717, 1.165) is 33.1 Å². The number of rotatable bonds is 4. The molecule has 58 heavy (non-hydrogen) atoms. The minimum absolute atomic E-state index is 0.186. The summed E-state index contributed by atoms with van der Waals surface area (Å²) in [5.41, 5.74) is 16.4. The lowest BCUT2D eigenvalue weighted by atomic mass is 9.81. The van der Waals surface area contributed by atoms with Gasteiger partial charge >= 0.3 is 0 Å². The standard InChI is InChI=1S/C55H36N2S/c1-55(2)48-30-37(36-12-9-11-35(29-36)33-21-23-34(24-22-33)39-18-10-19-47-44-15-7-8-20-51(44)58-54(39)47)25-27-42(48)43-28-26-38(31-49(43)55)50-32-56-52-45-16-5-3-13-40(45)41-14-4-6-17-46(41)53(52)57-50/h3-32H,1-2H3. The Balaban J connectivity index is 0.872. The van der Waals surface area contributed by atoms with Crippen LogP contribution in [0.3, 0.4) is 0 Å². The highest BCUT2D eigenvalue weighted by atomic mass is 32.1. The number of fused-ring (bicyclic) bond motifs is 12. The topological polar surface area (TPSA) is 25.8 Å². The van der Waals surface area contributed by atoms with Crippen molar-refractivity contribution in [3.8, 4) is 55.8 Å². The van der Waals surface area contributed by atoms with E-state index >= 15 is 0 Å². The summed E-state index contributed by atoms with van der Waals surface area (Å²) in [5.74, 6) is 0. The Bertz CT molecular complexity index is 3450. The average Bonchev–Trinajstić information content (AvgIpc) is 3.78. The predicted molar refractivity (Wildman–Crippen MR) is 247 cm³/mol. The zero-order chi connectivity index (χ0) is 38.5. The van der Waals surface area contributed by atoms with Gasteiger partial charge in [-0.2, -0.15) is 0 Å². The number of hydrogen-bond acceptors (Lipinski definition) is 3. The van der Waals surface area contributed by atoms with Crippen LogP contribution in [0.2, 0.25) is 0 Å². The molecule has 272 valence electrons. The van der Waals surface area contributed by atoms with Gasteiger partial charge in [0.25, 0.3) is 0 Å². The van der Waals surface area contributed by atoms with Crippen molar-refractivity contribution in [2.75, 3.05) is 0 Å². The van der Waals surface area contributed by atoms with E-state index in [0.29, 0.717) is 0 Å². The molecule has 0 spiro atoms. The first-order chi connectivity index (χ1) is 28.5. The average molecular weight is 757 g/mol. The molecule has 0 N–H and O–H groups in total. The normalized spacial score (nSPS) is 13.1. The Morgan fingerprint density at radius 1 is 0.397 bits per heavy atom. The summed E-state index contributed by atoms with van der Waals surface area (Å²) in [7, 11) is 0. The Morgan fingerprint density at radius 2 is 0.931 bits per heavy atom. The fourth-order valence-electron chi connectivity index (χ4n) is 9.53. The SMILES string of the molecule is CC1(C)c2cc(-c3cccc(-c4ccc(-c5cccc6c5sc5ccccc56)cc4)c3)ccc2-c2ccc(-c3cnc4c5ccccc5c5ccccc5c4n3)cc21. The molecule has 2 nitrogen and oxygen atoms in total. The van der Waals surface area contributed by atoms with Crippen molar-refractivity contribution in [1.29, 1.82) is 0 Å². The highest BCUT2D eigenvalue weighted by Crippen LogP contribution is 2.51. The maximum absolute atomic E-state index is 5.31. The highest BCUT2D eigenvalue weighted by molar-refractivity contribution is 7.26. The first-order valence-corrected chi connectivity index (χ1v) is 20.8. The molecule has 9 aromatic carbocycles. The fourth-order valence-corrected chi connectivity index (χ4v) is 10.8. The van der Waals surface area contributed by atoms with E-state index < -0.39 is 0 Å². The van der Waals surface area contributed by atoms with E-state index in [2.05, 4.69) is 190 Å². The second-order valence-corrected chi connectivity index (χ2v) is 17.2. The van der Waals surface area contributed by atoms with Crippen LogP contribution in [0.15, 0.2) is 182 Å². The minimum atomic E-state index is -0.186. The van der Waals surface area contributed by atoms with Gasteiger partial charge in [0.2, 0.25) is 0 Å². The molecule has 0 bridgehead atoms. The summed E-state index contributed by atoms with van der Waals surface area (Å²) in [6.07, 6.45) is 1.95. The van der Waals surface area contributed by atoms with Crippen LogP contribution in [0.4, 0.5) is 0 Å². The second-order valence-electron chi connectivity index (χ2n) is 16.1. The third-order valence-corrected chi connectivity index (χ3v) is 13.7. The monoisotopic (exact) mass is 756 g/mol. The Hall–Kier alpha value is -6.94. The molecule has 0 radical (unpaired) electrons. The summed E-state index contributed by atoms with van der Waals surface area (Å²) in [6, 6.07) is 64.4. The van der Waals surface area contributed by atoms with Crippen LogP contribution in [-0.2, 0) is 5.41 Å². The lowest BCUT2D eigenvalue weighted by molar-refractivity contribution is 0.661. The van der Waals surface area contributed by atoms with Crippen LogP contribution in [0.1, 0.15) is 25.0 Å². The number of benzene rings is 9.